The minimum absolute atomic E-state index is 0.0210. The third-order valence-corrected chi connectivity index (χ3v) is 4.12. The van der Waals surface area contributed by atoms with Crippen LogP contribution in [-0.4, -0.2) is 5.91 Å². The average molecular weight is 296 g/mol. The van der Waals surface area contributed by atoms with Crippen LogP contribution < -0.4 is 11.1 Å². The van der Waals surface area contributed by atoms with Gasteiger partial charge in [-0.15, -0.1) is 0 Å². The highest BCUT2D eigenvalue weighted by Gasteiger charge is 2.30. The predicted molar refractivity (Wildman–Crippen MR) is 93.2 cm³/mol. The third-order valence-electron chi connectivity index (χ3n) is 4.12. The van der Waals surface area contributed by atoms with Gasteiger partial charge in [0.2, 0.25) is 5.91 Å². The summed E-state index contributed by atoms with van der Waals surface area (Å²) in [6, 6.07) is 11.6. The maximum atomic E-state index is 12.8. The van der Waals surface area contributed by atoms with E-state index in [-0.39, 0.29) is 5.91 Å². The summed E-state index contributed by atoms with van der Waals surface area (Å²) in [4.78, 5) is 12.8. The Kier molecular flexibility index (Phi) is 4.27. The van der Waals surface area contributed by atoms with E-state index in [1.165, 1.54) is 5.56 Å². The SMILES string of the molecule is Cc1cc(C)c(NC(=O)C(C)(C)c2ccc(N)cc2)c(C)c1. The molecule has 0 saturated carbocycles. The van der Waals surface area contributed by atoms with Crippen molar-refractivity contribution in [1.29, 1.82) is 0 Å². The number of nitrogens with two attached hydrogens (primary N) is 1. The summed E-state index contributed by atoms with van der Waals surface area (Å²) in [6.07, 6.45) is 0. The maximum absolute atomic E-state index is 12.8. The summed E-state index contributed by atoms with van der Waals surface area (Å²) in [7, 11) is 0. The molecule has 0 heterocycles. The van der Waals surface area contributed by atoms with Gasteiger partial charge in [-0.25, -0.2) is 0 Å². The van der Waals surface area contributed by atoms with Crippen molar-refractivity contribution in [2.24, 2.45) is 0 Å². The molecular weight excluding hydrogens is 272 g/mol. The van der Waals surface area contributed by atoms with Crippen LogP contribution in [0.1, 0.15) is 36.1 Å². The number of aryl methyl sites for hydroxylation is 3. The molecule has 0 aliphatic rings. The Morgan fingerprint density at radius 2 is 1.50 bits per heavy atom. The summed E-state index contributed by atoms with van der Waals surface area (Å²) in [5, 5.41) is 3.09. The lowest BCUT2D eigenvalue weighted by Crippen LogP contribution is -2.35. The molecule has 116 valence electrons. The lowest BCUT2D eigenvalue weighted by molar-refractivity contribution is -0.120. The summed E-state index contributed by atoms with van der Waals surface area (Å²) < 4.78 is 0. The van der Waals surface area contributed by atoms with Gasteiger partial charge in [0.1, 0.15) is 0 Å². The molecule has 2 aromatic carbocycles. The molecular formula is C19H24N2O. The summed E-state index contributed by atoms with van der Waals surface area (Å²) >= 11 is 0. The fraction of sp³-hybridized carbons (Fsp3) is 0.316. The van der Waals surface area contributed by atoms with Crippen LogP contribution in [0.15, 0.2) is 36.4 Å². The predicted octanol–water partition coefficient (Wildman–Crippen LogP) is 4.11. The highest BCUT2D eigenvalue weighted by molar-refractivity contribution is 5.99. The molecule has 2 aromatic rings. The van der Waals surface area contributed by atoms with E-state index in [2.05, 4.69) is 24.4 Å². The number of amides is 1. The van der Waals surface area contributed by atoms with Crippen molar-refractivity contribution in [2.75, 3.05) is 11.1 Å². The second kappa shape index (κ2) is 5.84. The van der Waals surface area contributed by atoms with Gasteiger partial charge in [-0.1, -0.05) is 29.8 Å². The Morgan fingerprint density at radius 1 is 1.00 bits per heavy atom. The van der Waals surface area contributed by atoms with Crippen molar-refractivity contribution in [3.8, 4) is 0 Å². The zero-order valence-corrected chi connectivity index (χ0v) is 13.9. The number of benzene rings is 2. The van der Waals surface area contributed by atoms with Gasteiger partial charge >= 0.3 is 0 Å². The molecule has 3 heteroatoms. The molecule has 0 spiro atoms. The minimum Gasteiger partial charge on any atom is -0.399 e. The smallest absolute Gasteiger partial charge is 0.234 e. The Balaban J connectivity index is 2.30. The molecule has 22 heavy (non-hydrogen) atoms. The Bertz CT molecular complexity index is 677. The van der Waals surface area contributed by atoms with Crippen molar-refractivity contribution in [2.45, 2.75) is 40.0 Å². The van der Waals surface area contributed by atoms with E-state index in [4.69, 9.17) is 5.73 Å². The first-order valence-corrected chi connectivity index (χ1v) is 7.47. The number of rotatable bonds is 3. The Labute approximate surface area is 132 Å². The topological polar surface area (TPSA) is 55.1 Å². The van der Waals surface area contributed by atoms with Crippen molar-refractivity contribution in [3.05, 3.63) is 58.7 Å². The minimum atomic E-state index is -0.628. The van der Waals surface area contributed by atoms with E-state index >= 15 is 0 Å². The first kappa shape index (κ1) is 16.1. The van der Waals surface area contributed by atoms with E-state index < -0.39 is 5.41 Å². The first-order valence-electron chi connectivity index (χ1n) is 7.47. The number of hydrogen-bond donors (Lipinski definition) is 2. The van der Waals surface area contributed by atoms with Crippen LogP contribution in [0.5, 0.6) is 0 Å². The average Bonchev–Trinajstić information content (AvgIpc) is 2.43. The number of hydrogen-bond acceptors (Lipinski definition) is 2. The van der Waals surface area contributed by atoms with Crippen molar-refractivity contribution < 1.29 is 4.79 Å². The van der Waals surface area contributed by atoms with Gasteiger partial charge in [0.15, 0.2) is 0 Å². The number of nitrogens with one attached hydrogen (secondary N) is 1. The molecule has 0 atom stereocenters. The van der Waals surface area contributed by atoms with E-state index in [0.717, 1.165) is 22.4 Å². The monoisotopic (exact) mass is 296 g/mol. The van der Waals surface area contributed by atoms with E-state index in [0.29, 0.717) is 5.69 Å². The maximum Gasteiger partial charge on any atom is 0.234 e. The van der Waals surface area contributed by atoms with Crippen LogP contribution in [-0.2, 0) is 10.2 Å². The van der Waals surface area contributed by atoms with Gasteiger partial charge in [-0.05, 0) is 63.4 Å². The van der Waals surface area contributed by atoms with Gasteiger partial charge in [0, 0.05) is 11.4 Å². The second-order valence-corrected chi connectivity index (χ2v) is 6.47. The van der Waals surface area contributed by atoms with Gasteiger partial charge < -0.3 is 11.1 Å². The normalized spacial score (nSPS) is 11.3. The van der Waals surface area contributed by atoms with E-state index in [1.54, 1.807) is 0 Å². The fourth-order valence-electron chi connectivity index (χ4n) is 2.68. The molecule has 0 unspecified atom stereocenters. The van der Waals surface area contributed by atoms with Crippen LogP contribution in [0.4, 0.5) is 11.4 Å². The van der Waals surface area contributed by atoms with Crippen molar-refractivity contribution in [3.63, 3.8) is 0 Å². The van der Waals surface area contributed by atoms with Gasteiger partial charge in [0.05, 0.1) is 5.41 Å². The lowest BCUT2D eigenvalue weighted by Gasteiger charge is -2.25. The van der Waals surface area contributed by atoms with E-state index in [1.807, 2.05) is 52.0 Å². The molecule has 2 rings (SSSR count). The highest BCUT2D eigenvalue weighted by atomic mass is 16.2. The first-order chi connectivity index (χ1) is 10.2. The van der Waals surface area contributed by atoms with Gasteiger partial charge in [-0.2, -0.15) is 0 Å². The van der Waals surface area contributed by atoms with Crippen LogP contribution >= 0.6 is 0 Å². The van der Waals surface area contributed by atoms with Crippen molar-refractivity contribution >= 4 is 17.3 Å². The molecule has 0 aromatic heterocycles. The largest absolute Gasteiger partial charge is 0.399 e. The molecule has 3 N–H and O–H groups in total. The van der Waals surface area contributed by atoms with Crippen molar-refractivity contribution in [1.82, 2.24) is 0 Å². The molecule has 0 radical (unpaired) electrons. The van der Waals surface area contributed by atoms with Crippen LogP contribution in [0.25, 0.3) is 0 Å². The summed E-state index contributed by atoms with van der Waals surface area (Å²) in [5.74, 6) is -0.0210. The second-order valence-electron chi connectivity index (χ2n) is 6.47. The number of anilines is 2. The third kappa shape index (κ3) is 3.14. The number of carbonyl (C=O) groups excluding carboxylic acids is 1. The molecule has 3 nitrogen and oxygen atoms in total. The van der Waals surface area contributed by atoms with Crippen LogP contribution in [0.2, 0.25) is 0 Å². The molecule has 1 amide bonds. The molecule has 0 fully saturated rings. The number of carbonyl (C=O) groups is 1. The zero-order valence-electron chi connectivity index (χ0n) is 13.9. The summed E-state index contributed by atoms with van der Waals surface area (Å²) in [5.41, 5.74) is 11.0. The standard InChI is InChI=1S/C19H24N2O/c1-12-10-13(2)17(14(3)11-12)21-18(22)19(4,5)15-6-8-16(20)9-7-15/h6-11H,20H2,1-5H3,(H,21,22). The van der Waals surface area contributed by atoms with Gasteiger partial charge in [0.25, 0.3) is 0 Å². The Hall–Kier alpha value is -2.29. The quantitative estimate of drug-likeness (QED) is 0.837. The molecule has 0 saturated heterocycles. The van der Waals surface area contributed by atoms with E-state index in [9.17, 15) is 4.79 Å². The number of nitrogen functional groups attached to an aromatic ring is 1. The Morgan fingerprint density at radius 3 is 2.00 bits per heavy atom. The fourth-order valence-corrected chi connectivity index (χ4v) is 2.68. The van der Waals surface area contributed by atoms with Gasteiger partial charge in [-0.3, -0.25) is 4.79 Å². The molecule has 0 bridgehead atoms. The molecule has 0 aliphatic carbocycles. The summed E-state index contributed by atoms with van der Waals surface area (Å²) in [6.45, 7) is 9.95. The zero-order chi connectivity index (χ0) is 16.5. The van der Waals surface area contributed by atoms with Crippen LogP contribution in [0.3, 0.4) is 0 Å². The molecule has 0 aliphatic heterocycles. The lowest BCUT2D eigenvalue weighted by atomic mass is 9.83. The highest BCUT2D eigenvalue weighted by Crippen LogP contribution is 2.28. The van der Waals surface area contributed by atoms with Crippen LogP contribution in [0, 0.1) is 20.8 Å².